The second-order valence-electron chi connectivity index (χ2n) is 2.68. The lowest BCUT2D eigenvalue weighted by molar-refractivity contribution is 1.20. The smallest absolute Gasteiger partial charge is 0.0886 e. The summed E-state index contributed by atoms with van der Waals surface area (Å²) < 4.78 is 0. The van der Waals surface area contributed by atoms with Gasteiger partial charge in [0.1, 0.15) is 0 Å². The molecule has 0 aliphatic rings. The molecule has 0 radical (unpaired) electrons. The van der Waals surface area contributed by atoms with Gasteiger partial charge in [0, 0.05) is 0 Å². The van der Waals surface area contributed by atoms with Gasteiger partial charge >= 0.3 is 0 Å². The largest absolute Gasteiger partial charge is 0.397 e. The predicted octanol–water partition coefficient (Wildman–Crippen LogP) is 2.32. The number of pyridine rings is 1. The van der Waals surface area contributed by atoms with Gasteiger partial charge in [0.2, 0.25) is 0 Å². The third kappa shape index (κ3) is 3.09. The maximum Gasteiger partial charge on any atom is 0.0886 e. The Morgan fingerprint density at radius 1 is 1.43 bits per heavy atom. The number of aromatic nitrogens is 1. The van der Waals surface area contributed by atoms with Gasteiger partial charge in [-0.25, -0.2) is 0 Å². The summed E-state index contributed by atoms with van der Waals surface area (Å²) >= 11 is 0. The minimum absolute atomic E-state index is 0.667. The molecule has 4 N–H and O–H groups in total. The van der Waals surface area contributed by atoms with Crippen molar-refractivity contribution in [3.05, 3.63) is 29.6 Å². The van der Waals surface area contributed by atoms with E-state index in [9.17, 15) is 0 Å². The predicted molar refractivity (Wildman–Crippen MR) is 62.6 cm³/mol. The molecule has 3 heteroatoms. The minimum Gasteiger partial charge on any atom is -0.397 e. The van der Waals surface area contributed by atoms with Crippen molar-refractivity contribution in [3.8, 4) is 0 Å². The van der Waals surface area contributed by atoms with Gasteiger partial charge in [0.15, 0.2) is 0 Å². The van der Waals surface area contributed by atoms with E-state index in [0.717, 1.165) is 11.3 Å². The third-order valence-corrected chi connectivity index (χ3v) is 1.68. The standard InChI is InChI=1S/C9H13N3.C2H6/c1-3-8(11)9-6(2)4-7(10)5-12-9;1-2/h3-5H,10-11H2,1-2H3;1-2H3/b8-3-;. The van der Waals surface area contributed by atoms with E-state index in [0.29, 0.717) is 11.4 Å². The number of rotatable bonds is 1. The van der Waals surface area contributed by atoms with E-state index in [1.54, 1.807) is 6.20 Å². The fourth-order valence-corrected chi connectivity index (χ4v) is 1.04. The van der Waals surface area contributed by atoms with Crippen LogP contribution >= 0.6 is 0 Å². The van der Waals surface area contributed by atoms with Crippen LogP contribution in [0.2, 0.25) is 0 Å². The zero-order valence-corrected chi connectivity index (χ0v) is 9.33. The van der Waals surface area contributed by atoms with Crippen LogP contribution in [0.1, 0.15) is 32.0 Å². The van der Waals surface area contributed by atoms with Gasteiger partial charge in [-0.1, -0.05) is 19.9 Å². The van der Waals surface area contributed by atoms with Crippen molar-refractivity contribution in [2.45, 2.75) is 27.7 Å². The minimum atomic E-state index is 0.667. The fourth-order valence-electron chi connectivity index (χ4n) is 1.04. The maximum absolute atomic E-state index is 5.70. The molecule has 1 rings (SSSR count). The van der Waals surface area contributed by atoms with Gasteiger partial charge < -0.3 is 11.5 Å². The molecule has 14 heavy (non-hydrogen) atoms. The molecule has 0 aliphatic carbocycles. The van der Waals surface area contributed by atoms with E-state index in [2.05, 4.69) is 4.98 Å². The third-order valence-electron chi connectivity index (χ3n) is 1.68. The van der Waals surface area contributed by atoms with Crippen LogP contribution in [0.3, 0.4) is 0 Å². The molecule has 0 fully saturated rings. The number of anilines is 1. The molecular formula is C11H19N3. The second kappa shape index (κ2) is 6.02. The molecule has 1 aromatic heterocycles. The summed E-state index contributed by atoms with van der Waals surface area (Å²) in [4.78, 5) is 4.13. The highest BCUT2D eigenvalue weighted by Gasteiger charge is 2.01. The van der Waals surface area contributed by atoms with Crippen LogP contribution in [0.25, 0.3) is 5.70 Å². The molecule has 0 saturated heterocycles. The van der Waals surface area contributed by atoms with Crippen molar-refractivity contribution in [1.82, 2.24) is 4.98 Å². The Balaban J connectivity index is 0.000000791. The summed E-state index contributed by atoms with van der Waals surface area (Å²) in [7, 11) is 0. The number of hydrogen-bond acceptors (Lipinski definition) is 3. The maximum atomic E-state index is 5.70. The zero-order valence-electron chi connectivity index (χ0n) is 9.33. The van der Waals surface area contributed by atoms with Gasteiger partial charge in [-0.2, -0.15) is 0 Å². The Morgan fingerprint density at radius 3 is 2.43 bits per heavy atom. The molecule has 0 aliphatic heterocycles. The van der Waals surface area contributed by atoms with E-state index >= 15 is 0 Å². The van der Waals surface area contributed by atoms with E-state index in [-0.39, 0.29) is 0 Å². The van der Waals surface area contributed by atoms with Crippen LogP contribution in [-0.2, 0) is 0 Å². The lowest BCUT2D eigenvalue weighted by atomic mass is 10.1. The molecule has 0 spiro atoms. The summed E-state index contributed by atoms with van der Waals surface area (Å²) in [5.41, 5.74) is 14.4. The summed E-state index contributed by atoms with van der Waals surface area (Å²) in [6.07, 6.45) is 3.43. The van der Waals surface area contributed by atoms with Crippen LogP contribution in [0.4, 0.5) is 5.69 Å². The number of aryl methyl sites for hydroxylation is 1. The summed E-state index contributed by atoms with van der Waals surface area (Å²) in [5, 5.41) is 0. The van der Waals surface area contributed by atoms with E-state index in [1.807, 2.05) is 39.8 Å². The van der Waals surface area contributed by atoms with Crippen LogP contribution in [-0.4, -0.2) is 4.98 Å². The Labute approximate surface area is 85.8 Å². The van der Waals surface area contributed by atoms with Gasteiger partial charge in [-0.05, 0) is 25.5 Å². The van der Waals surface area contributed by atoms with Crippen LogP contribution in [0.15, 0.2) is 18.3 Å². The molecule has 3 nitrogen and oxygen atoms in total. The van der Waals surface area contributed by atoms with Gasteiger partial charge in [0.05, 0.1) is 23.3 Å². The molecule has 1 heterocycles. The van der Waals surface area contributed by atoms with Crippen molar-refractivity contribution in [1.29, 1.82) is 0 Å². The average Bonchev–Trinajstić information content (AvgIpc) is 2.20. The van der Waals surface area contributed by atoms with Crippen molar-refractivity contribution >= 4 is 11.4 Å². The normalized spacial score (nSPS) is 10.4. The van der Waals surface area contributed by atoms with Crippen molar-refractivity contribution in [3.63, 3.8) is 0 Å². The molecule has 78 valence electrons. The van der Waals surface area contributed by atoms with E-state index < -0.39 is 0 Å². The van der Waals surface area contributed by atoms with Gasteiger partial charge in [-0.3, -0.25) is 4.98 Å². The summed E-state index contributed by atoms with van der Waals surface area (Å²) in [6, 6.07) is 1.86. The van der Waals surface area contributed by atoms with E-state index in [4.69, 9.17) is 11.5 Å². The first-order valence-electron chi connectivity index (χ1n) is 4.79. The second-order valence-corrected chi connectivity index (χ2v) is 2.68. The first-order chi connectivity index (χ1) is 6.65. The summed E-state index contributed by atoms with van der Waals surface area (Å²) in [5.74, 6) is 0. The van der Waals surface area contributed by atoms with Crippen LogP contribution in [0, 0.1) is 6.92 Å². The molecule has 1 aromatic rings. The molecule has 0 bridgehead atoms. The van der Waals surface area contributed by atoms with Crippen molar-refractivity contribution in [2.75, 3.05) is 5.73 Å². The molecule has 0 amide bonds. The van der Waals surface area contributed by atoms with Crippen molar-refractivity contribution < 1.29 is 0 Å². The monoisotopic (exact) mass is 193 g/mol. The fraction of sp³-hybridized carbons (Fsp3) is 0.364. The molecule has 0 saturated carbocycles. The van der Waals surface area contributed by atoms with E-state index in [1.165, 1.54) is 0 Å². The first-order valence-corrected chi connectivity index (χ1v) is 4.79. The highest BCUT2D eigenvalue weighted by Crippen LogP contribution is 2.13. The zero-order chi connectivity index (χ0) is 11.1. The van der Waals surface area contributed by atoms with Gasteiger partial charge in [0.25, 0.3) is 0 Å². The quantitative estimate of drug-likeness (QED) is 0.719. The topological polar surface area (TPSA) is 64.9 Å². The SMILES string of the molecule is C/C=C(\N)c1ncc(N)cc1C.CC. The number of nitrogens with zero attached hydrogens (tertiary/aromatic N) is 1. The van der Waals surface area contributed by atoms with Crippen molar-refractivity contribution in [2.24, 2.45) is 5.73 Å². The highest BCUT2D eigenvalue weighted by atomic mass is 14.8. The van der Waals surface area contributed by atoms with Gasteiger partial charge in [-0.15, -0.1) is 0 Å². The van der Waals surface area contributed by atoms with Crippen LogP contribution < -0.4 is 11.5 Å². The highest BCUT2D eigenvalue weighted by molar-refractivity contribution is 5.63. The average molecular weight is 193 g/mol. The number of allylic oxidation sites excluding steroid dienone is 1. The Morgan fingerprint density at radius 2 is 2.00 bits per heavy atom. The molecule has 0 unspecified atom stereocenters. The molecule has 0 aromatic carbocycles. The Hall–Kier alpha value is -1.51. The number of nitrogens with two attached hydrogens (primary N) is 2. The Bertz CT molecular complexity index is 316. The molecule has 0 atom stereocenters. The lowest BCUT2D eigenvalue weighted by Crippen LogP contribution is -2.02. The lowest BCUT2D eigenvalue weighted by Gasteiger charge is -2.04. The number of nitrogen functional groups attached to an aromatic ring is 1. The number of hydrogen-bond donors (Lipinski definition) is 2. The Kier molecular flexibility index (Phi) is 5.37. The first kappa shape index (κ1) is 12.5. The molecular weight excluding hydrogens is 174 g/mol. The van der Waals surface area contributed by atoms with Crippen LogP contribution in [0.5, 0.6) is 0 Å². The summed E-state index contributed by atoms with van der Waals surface area (Å²) in [6.45, 7) is 7.82.